The number of hydrogen-bond acceptors (Lipinski definition) is 0. The molecule has 1 rings (SSSR count). The summed E-state index contributed by atoms with van der Waals surface area (Å²) < 4.78 is 26.8. The van der Waals surface area contributed by atoms with Gasteiger partial charge in [-0.05, 0) is 30.9 Å². The van der Waals surface area contributed by atoms with Crippen LogP contribution in [0.15, 0.2) is 12.1 Å². The second kappa shape index (κ2) is 4.87. The van der Waals surface area contributed by atoms with Crippen LogP contribution in [0.5, 0.6) is 0 Å². The summed E-state index contributed by atoms with van der Waals surface area (Å²) in [5.41, 5.74) is 0.708. The summed E-state index contributed by atoms with van der Waals surface area (Å²) in [6.45, 7) is 3.60. The van der Waals surface area contributed by atoms with Gasteiger partial charge in [0.1, 0.15) is 11.6 Å². The van der Waals surface area contributed by atoms with E-state index in [1.807, 2.05) is 6.92 Å². The van der Waals surface area contributed by atoms with Crippen molar-refractivity contribution >= 4 is 15.9 Å². The van der Waals surface area contributed by atoms with Crippen molar-refractivity contribution in [2.75, 3.05) is 5.33 Å². The quantitative estimate of drug-likeness (QED) is 0.727. The maximum atomic E-state index is 13.5. The predicted molar refractivity (Wildman–Crippen MR) is 57.8 cm³/mol. The molecule has 1 aromatic carbocycles. The number of alkyl halides is 1. The van der Waals surface area contributed by atoms with Crippen LogP contribution in [0.25, 0.3) is 0 Å². The second-order valence-electron chi connectivity index (χ2n) is 3.62. The average Bonchev–Trinajstić information content (AvgIpc) is 2.18. The van der Waals surface area contributed by atoms with Crippen LogP contribution >= 0.6 is 15.9 Å². The second-order valence-corrected chi connectivity index (χ2v) is 4.27. The molecule has 0 aromatic heterocycles. The highest BCUT2D eigenvalue weighted by Crippen LogP contribution is 2.20. The van der Waals surface area contributed by atoms with Crippen LogP contribution in [0, 0.1) is 24.5 Å². The van der Waals surface area contributed by atoms with E-state index in [1.165, 1.54) is 12.1 Å². The van der Waals surface area contributed by atoms with E-state index in [9.17, 15) is 8.78 Å². The lowest BCUT2D eigenvalue weighted by molar-refractivity contribution is 0.524. The van der Waals surface area contributed by atoms with Crippen molar-refractivity contribution in [1.29, 1.82) is 0 Å². The first-order valence-corrected chi connectivity index (χ1v) is 5.67. The maximum Gasteiger partial charge on any atom is 0.132 e. The molecule has 0 nitrogen and oxygen atoms in total. The molecule has 0 saturated heterocycles. The van der Waals surface area contributed by atoms with Gasteiger partial charge in [0, 0.05) is 10.9 Å². The Morgan fingerprint density at radius 2 is 2.00 bits per heavy atom. The zero-order chi connectivity index (χ0) is 10.7. The first kappa shape index (κ1) is 11.6. The number of halogens is 3. The summed E-state index contributed by atoms with van der Waals surface area (Å²) in [6.07, 6.45) is 0.435. The highest BCUT2D eigenvalue weighted by Gasteiger charge is 2.13. The van der Waals surface area contributed by atoms with Gasteiger partial charge in [-0.3, -0.25) is 0 Å². The van der Waals surface area contributed by atoms with E-state index in [4.69, 9.17) is 0 Å². The van der Waals surface area contributed by atoms with Crippen molar-refractivity contribution in [3.63, 3.8) is 0 Å². The lowest BCUT2D eigenvalue weighted by atomic mass is 10.00. The summed E-state index contributed by atoms with van der Waals surface area (Å²) in [6, 6.07) is 2.79. The summed E-state index contributed by atoms with van der Waals surface area (Å²) >= 11 is 3.29. The van der Waals surface area contributed by atoms with Crippen LogP contribution < -0.4 is 0 Å². The molecule has 0 radical (unpaired) electrons. The number of rotatable bonds is 3. The van der Waals surface area contributed by atoms with Crippen molar-refractivity contribution in [2.45, 2.75) is 20.3 Å². The predicted octanol–water partition coefficient (Wildman–Crippen LogP) is 3.85. The van der Waals surface area contributed by atoms with Gasteiger partial charge in [0.25, 0.3) is 0 Å². The monoisotopic (exact) mass is 262 g/mol. The van der Waals surface area contributed by atoms with Crippen LogP contribution in [0.4, 0.5) is 8.78 Å². The Morgan fingerprint density at radius 3 is 2.57 bits per heavy atom. The van der Waals surface area contributed by atoms with E-state index in [0.717, 1.165) is 5.33 Å². The molecule has 0 spiro atoms. The fourth-order valence-corrected chi connectivity index (χ4v) is 1.53. The van der Waals surface area contributed by atoms with Gasteiger partial charge >= 0.3 is 0 Å². The van der Waals surface area contributed by atoms with Gasteiger partial charge in [0.05, 0.1) is 0 Å². The van der Waals surface area contributed by atoms with Crippen LogP contribution in [-0.4, -0.2) is 5.33 Å². The standard InChI is InChI=1S/C11H13BrF2/c1-7(6-12)5-9-10(13)4-3-8(2)11(9)14/h3-4,7H,5-6H2,1-2H3. The third-order valence-electron chi connectivity index (χ3n) is 2.20. The van der Waals surface area contributed by atoms with Crippen molar-refractivity contribution in [2.24, 2.45) is 5.92 Å². The maximum absolute atomic E-state index is 13.5. The van der Waals surface area contributed by atoms with E-state index in [-0.39, 0.29) is 11.5 Å². The molecule has 78 valence electrons. The minimum Gasteiger partial charge on any atom is -0.207 e. The first-order valence-electron chi connectivity index (χ1n) is 4.55. The fourth-order valence-electron chi connectivity index (χ4n) is 1.30. The Morgan fingerprint density at radius 1 is 1.36 bits per heavy atom. The molecule has 1 aromatic rings. The van der Waals surface area contributed by atoms with Gasteiger partial charge in [-0.25, -0.2) is 8.78 Å². The molecule has 0 aliphatic carbocycles. The molecule has 1 unspecified atom stereocenters. The summed E-state index contributed by atoms with van der Waals surface area (Å²) in [4.78, 5) is 0. The van der Waals surface area contributed by atoms with Crippen molar-refractivity contribution < 1.29 is 8.78 Å². The molecule has 1 atom stereocenters. The lowest BCUT2D eigenvalue weighted by Crippen LogP contribution is -2.06. The summed E-state index contributed by atoms with van der Waals surface area (Å²) in [5.74, 6) is -0.612. The van der Waals surface area contributed by atoms with Crippen molar-refractivity contribution in [3.05, 3.63) is 34.9 Å². The van der Waals surface area contributed by atoms with E-state index in [1.54, 1.807) is 6.92 Å². The third kappa shape index (κ3) is 2.53. The smallest absolute Gasteiger partial charge is 0.132 e. The van der Waals surface area contributed by atoms with Gasteiger partial charge in [-0.2, -0.15) is 0 Å². The third-order valence-corrected chi connectivity index (χ3v) is 3.30. The molecular formula is C11H13BrF2. The van der Waals surface area contributed by atoms with Gasteiger partial charge in [0.2, 0.25) is 0 Å². The molecule has 0 saturated carbocycles. The summed E-state index contributed by atoms with van der Waals surface area (Å²) in [5, 5.41) is 0.750. The molecular weight excluding hydrogens is 250 g/mol. The molecule has 0 bridgehead atoms. The molecule has 3 heteroatoms. The van der Waals surface area contributed by atoms with Gasteiger partial charge in [-0.15, -0.1) is 0 Å². The largest absolute Gasteiger partial charge is 0.207 e. The number of aryl methyl sites for hydroxylation is 1. The molecule has 0 aliphatic heterocycles. The molecule has 14 heavy (non-hydrogen) atoms. The fraction of sp³-hybridized carbons (Fsp3) is 0.455. The summed E-state index contributed by atoms with van der Waals surface area (Å²) in [7, 11) is 0. The molecule has 0 N–H and O–H groups in total. The normalized spacial score (nSPS) is 12.9. The molecule has 0 fully saturated rings. The minimum atomic E-state index is -0.444. The Kier molecular flexibility index (Phi) is 4.05. The SMILES string of the molecule is Cc1ccc(F)c(CC(C)CBr)c1F. The van der Waals surface area contributed by atoms with Crippen LogP contribution in [-0.2, 0) is 6.42 Å². The Bertz CT molecular complexity index is 323. The highest BCUT2D eigenvalue weighted by atomic mass is 79.9. The Labute approximate surface area is 91.5 Å². The van der Waals surface area contributed by atoms with E-state index < -0.39 is 11.6 Å². The number of benzene rings is 1. The van der Waals surface area contributed by atoms with Crippen LogP contribution in [0.1, 0.15) is 18.1 Å². The van der Waals surface area contributed by atoms with E-state index in [0.29, 0.717) is 12.0 Å². The first-order chi connectivity index (χ1) is 6.56. The Balaban J connectivity index is 3.00. The zero-order valence-corrected chi connectivity index (χ0v) is 9.87. The van der Waals surface area contributed by atoms with Gasteiger partial charge in [-0.1, -0.05) is 28.9 Å². The molecule has 0 aliphatic rings. The topological polar surface area (TPSA) is 0 Å². The average molecular weight is 263 g/mol. The lowest BCUT2D eigenvalue weighted by Gasteiger charge is -2.10. The zero-order valence-electron chi connectivity index (χ0n) is 8.28. The van der Waals surface area contributed by atoms with Gasteiger partial charge in [0.15, 0.2) is 0 Å². The van der Waals surface area contributed by atoms with E-state index >= 15 is 0 Å². The van der Waals surface area contributed by atoms with Crippen LogP contribution in [0.3, 0.4) is 0 Å². The molecule has 0 heterocycles. The Hall–Kier alpha value is -0.440. The van der Waals surface area contributed by atoms with Gasteiger partial charge < -0.3 is 0 Å². The molecule has 0 amide bonds. The highest BCUT2D eigenvalue weighted by molar-refractivity contribution is 9.09. The van der Waals surface area contributed by atoms with Crippen molar-refractivity contribution in [3.8, 4) is 0 Å². The number of hydrogen-bond donors (Lipinski definition) is 0. The minimum absolute atomic E-state index is 0.206. The van der Waals surface area contributed by atoms with Crippen molar-refractivity contribution in [1.82, 2.24) is 0 Å². The van der Waals surface area contributed by atoms with E-state index in [2.05, 4.69) is 15.9 Å². The van der Waals surface area contributed by atoms with Crippen LogP contribution in [0.2, 0.25) is 0 Å².